The van der Waals surface area contributed by atoms with Gasteiger partial charge in [0.2, 0.25) is 5.91 Å². The molecule has 0 atom stereocenters. The van der Waals surface area contributed by atoms with Crippen molar-refractivity contribution in [2.75, 3.05) is 26.2 Å². The van der Waals surface area contributed by atoms with Gasteiger partial charge in [-0.15, -0.1) is 0 Å². The Morgan fingerprint density at radius 3 is 2.48 bits per heavy atom. The first-order chi connectivity index (χ1) is 9.97. The lowest BCUT2D eigenvalue weighted by Crippen LogP contribution is -2.42. The highest BCUT2D eigenvalue weighted by atomic mass is 16.5. The minimum atomic E-state index is -0.193. The van der Waals surface area contributed by atoms with Crippen LogP contribution in [0.1, 0.15) is 25.0 Å². The Morgan fingerprint density at radius 2 is 1.90 bits per heavy atom. The predicted octanol–water partition coefficient (Wildman–Crippen LogP) is 1.67. The fourth-order valence-corrected chi connectivity index (χ4v) is 1.84. The number of likely N-dealkylation sites (N-methyl/N-ethyl adjacent to an activating group) is 2. The van der Waals surface area contributed by atoms with Crippen LogP contribution in [0.15, 0.2) is 18.2 Å². The summed E-state index contributed by atoms with van der Waals surface area (Å²) in [6.07, 6.45) is 0. The Labute approximate surface area is 126 Å². The Kier molecular flexibility index (Phi) is 6.72. The molecule has 0 heterocycles. The number of amides is 2. The lowest BCUT2D eigenvalue weighted by atomic mass is 10.1. The second-order valence-corrected chi connectivity index (χ2v) is 4.90. The molecule has 0 fully saturated rings. The smallest absolute Gasteiger partial charge is 0.260 e. The highest BCUT2D eigenvalue weighted by Crippen LogP contribution is 2.16. The van der Waals surface area contributed by atoms with Crippen molar-refractivity contribution in [1.29, 1.82) is 0 Å². The SMILES string of the molecule is CCNC(=O)CN(CC)C(=O)COc1ccc(C)c(C)c1. The van der Waals surface area contributed by atoms with E-state index < -0.39 is 0 Å². The predicted molar refractivity (Wildman–Crippen MR) is 82.3 cm³/mol. The summed E-state index contributed by atoms with van der Waals surface area (Å²) in [5.41, 5.74) is 2.30. The molecule has 1 rings (SSSR count). The van der Waals surface area contributed by atoms with Crippen LogP contribution in [0.4, 0.5) is 0 Å². The first-order valence-electron chi connectivity index (χ1n) is 7.22. The molecule has 0 aliphatic rings. The van der Waals surface area contributed by atoms with Gasteiger partial charge in [0, 0.05) is 13.1 Å². The van der Waals surface area contributed by atoms with Crippen molar-refractivity contribution in [1.82, 2.24) is 10.2 Å². The molecule has 2 amide bonds. The van der Waals surface area contributed by atoms with Gasteiger partial charge in [-0.05, 0) is 51.0 Å². The zero-order valence-electron chi connectivity index (χ0n) is 13.2. The summed E-state index contributed by atoms with van der Waals surface area (Å²) in [7, 11) is 0. The molecule has 116 valence electrons. The molecule has 5 heteroatoms. The highest BCUT2D eigenvalue weighted by Gasteiger charge is 2.15. The van der Waals surface area contributed by atoms with Gasteiger partial charge < -0.3 is 15.0 Å². The monoisotopic (exact) mass is 292 g/mol. The summed E-state index contributed by atoms with van der Waals surface area (Å²) in [5, 5.41) is 2.68. The second kappa shape index (κ2) is 8.29. The van der Waals surface area contributed by atoms with Gasteiger partial charge in [0.15, 0.2) is 6.61 Å². The largest absolute Gasteiger partial charge is 0.484 e. The lowest BCUT2D eigenvalue weighted by Gasteiger charge is -2.20. The molecular weight excluding hydrogens is 268 g/mol. The highest BCUT2D eigenvalue weighted by molar-refractivity contribution is 5.85. The van der Waals surface area contributed by atoms with Crippen LogP contribution in [0, 0.1) is 13.8 Å². The normalized spacial score (nSPS) is 10.1. The number of hydrogen-bond donors (Lipinski definition) is 1. The third-order valence-electron chi connectivity index (χ3n) is 3.28. The van der Waals surface area contributed by atoms with Crippen LogP contribution in [0.2, 0.25) is 0 Å². The molecular formula is C16H24N2O3. The van der Waals surface area contributed by atoms with Gasteiger partial charge in [-0.1, -0.05) is 6.07 Å². The van der Waals surface area contributed by atoms with Crippen molar-refractivity contribution in [2.45, 2.75) is 27.7 Å². The van der Waals surface area contributed by atoms with Crippen LogP contribution in [0.3, 0.4) is 0 Å². The van der Waals surface area contributed by atoms with Crippen LogP contribution in [-0.2, 0) is 9.59 Å². The van der Waals surface area contributed by atoms with Crippen molar-refractivity contribution in [2.24, 2.45) is 0 Å². The molecule has 0 unspecified atom stereocenters. The van der Waals surface area contributed by atoms with Gasteiger partial charge in [-0.3, -0.25) is 9.59 Å². The van der Waals surface area contributed by atoms with E-state index in [4.69, 9.17) is 4.74 Å². The van der Waals surface area contributed by atoms with E-state index in [0.29, 0.717) is 18.8 Å². The first kappa shape index (κ1) is 17.0. The van der Waals surface area contributed by atoms with E-state index in [9.17, 15) is 9.59 Å². The van der Waals surface area contributed by atoms with Crippen molar-refractivity contribution >= 4 is 11.8 Å². The van der Waals surface area contributed by atoms with Crippen LogP contribution in [0.25, 0.3) is 0 Å². The van der Waals surface area contributed by atoms with Crippen LogP contribution < -0.4 is 10.1 Å². The van der Waals surface area contributed by atoms with Crippen LogP contribution in [0.5, 0.6) is 5.75 Å². The molecule has 0 aliphatic heterocycles. The van der Waals surface area contributed by atoms with Gasteiger partial charge in [0.25, 0.3) is 5.91 Å². The Hall–Kier alpha value is -2.04. The molecule has 0 saturated heterocycles. The summed E-state index contributed by atoms with van der Waals surface area (Å²) in [5.74, 6) is 0.321. The number of benzene rings is 1. The molecule has 5 nitrogen and oxygen atoms in total. The lowest BCUT2D eigenvalue weighted by molar-refractivity contribution is -0.137. The molecule has 21 heavy (non-hydrogen) atoms. The van der Waals surface area contributed by atoms with Crippen molar-refractivity contribution < 1.29 is 14.3 Å². The van der Waals surface area contributed by atoms with Crippen molar-refractivity contribution in [3.63, 3.8) is 0 Å². The average Bonchev–Trinajstić information content (AvgIpc) is 2.46. The van der Waals surface area contributed by atoms with E-state index in [-0.39, 0.29) is 25.0 Å². The topological polar surface area (TPSA) is 58.6 Å². The molecule has 0 bridgehead atoms. The fraction of sp³-hybridized carbons (Fsp3) is 0.500. The summed E-state index contributed by atoms with van der Waals surface area (Å²) in [4.78, 5) is 25.1. The van der Waals surface area contributed by atoms with Crippen molar-refractivity contribution in [3.8, 4) is 5.75 Å². The minimum absolute atomic E-state index is 0.0598. The standard InChI is InChI=1S/C16H24N2O3/c1-5-17-15(19)10-18(6-2)16(20)11-21-14-8-7-12(3)13(4)9-14/h7-9H,5-6,10-11H2,1-4H3,(H,17,19). The van der Waals surface area contributed by atoms with Gasteiger partial charge in [0.1, 0.15) is 5.75 Å². The molecule has 1 N–H and O–H groups in total. The number of carbonyl (C=O) groups excluding carboxylic acids is 2. The average molecular weight is 292 g/mol. The summed E-state index contributed by atoms with van der Waals surface area (Å²) < 4.78 is 5.51. The number of carbonyl (C=O) groups is 2. The summed E-state index contributed by atoms with van der Waals surface area (Å²) in [6.45, 7) is 8.75. The van der Waals surface area contributed by atoms with Crippen LogP contribution in [-0.4, -0.2) is 43.0 Å². The van der Waals surface area contributed by atoms with E-state index in [2.05, 4.69) is 5.32 Å². The van der Waals surface area contributed by atoms with Gasteiger partial charge in [0.05, 0.1) is 6.54 Å². The first-order valence-corrected chi connectivity index (χ1v) is 7.22. The van der Waals surface area contributed by atoms with E-state index in [0.717, 1.165) is 5.56 Å². The Balaban J connectivity index is 2.54. The van der Waals surface area contributed by atoms with Gasteiger partial charge in [-0.25, -0.2) is 0 Å². The minimum Gasteiger partial charge on any atom is -0.484 e. The summed E-state index contributed by atoms with van der Waals surface area (Å²) >= 11 is 0. The van der Waals surface area contributed by atoms with E-state index in [1.54, 1.807) is 0 Å². The maximum Gasteiger partial charge on any atom is 0.260 e. The van der Waals surface area contributed by atoms with E-state index in [1.165, 1.54) is 10.5 Å². The maximum absolute atomic E-state index is 12.1. The fourth-order valence-electron chi connectivity index (χ4n) is 1.84. The molecule has 0 aromatic heterocycles. The quantitative estimate of drug-likeness (QED) is 0.831. The number of aryl methyl sites for hydroxylation is 2. The second-order valence-electron chi connectivity index (χ2n) is 4.90. The molecule has 0 saturated carbocycles. The van der Waals surface area contributed by atoms with Crippen LogP contribution >= 0.6 is 0 Å². The third kappa shape index (κ3) is 5.45. The summed E-state index contributed by atoms with van der Waals surface area (Å²) in [6, 6.07) is 5.71. The van der Waals surface area contributed by atoms with Gasteiger partial charge >= 0.3 is 0 Å². The molecule has 0 radical (unpaired) electrons. The zero-order valence-corrected chi connectivity index (χ0v) is 13.2. The third-order valence-corrected chi connectivity index (χ3v) is 3.28. The molecule has 0 spiro atoms. The number of ether oxygens (including phenoxy) is 1. The molecule has 0 aliphatic carbocycles. The van der Waals surface area contributed by atoms with E-state index >= 15 is 0 Å². The zero-order chi connectivity index (χ0) is 15.8. The Morgan fingerprint density at radius 1 is 1.19 bits per heavy atom. The Bertz CT molecular complexity index is 500. The number of hydrogen-bond acceptors (Lipinski definition) is 3. The number of nitrogens with one attached hydrogen (secondary N) is 1. The van der Waals surface area contributed by atoms with Gasteiger partial charge in [-0.2, -0.15) is 0 Å². The van der Waals surface area contributed by atoms with Crippen molar-refractivity contribution in [3.05, 3.63) is 29.3 Å². The molecule has 1 aromatic rings. The number of rotatable bonds is 7. The maximum atomic E-state index is 12.1. The number of nitrogens with zero attached hydrogens (tertiary/aromatic N) is 1. The van der Waals surface area contributed by atoms with E-state index in [1.807, 2.05) is 45.9 Å². The molecule has 1 aromatic carbocycles.